The molecule has 2 aromatic rings. The van der Waals surface area contributed by atoms with E-state index in [9.17, 15) is 8.78 Å². The molecule has 1 unspecified atom stereocenters. The Kier molecular flexibility index (Phi) is 4.15. The lowest BCUT2D eigenvalue weighted by Crippen LogP contribution is -2.09. The normalized spacial score (nSPS) is 11.3. The van der Waals surface area contributed by atoms with E-state index in [-0.39, 0.29) is 23.0 Å². The summed E-state index contributed by atoms with van der Waals surface area (Å²) < 4.78 is 26.8. The first-order valence-electron chi connectivity index (χ1n) is 6.21. The van der Waals surface area contributed by atoms with Gasteiger partial charge >= 0.3 is 0 Å². The third-order valence-electron chi connectivity index (χ3n) is 3.12. The minimum absolute atomic E-state index is 0.175. The second kappa shape index (κ2) is 6.02. The van der Waals surface area contributed by atoms with E-state index in [1.807, 2.05) is 6.92 Å². The highest BCUT2D eigenvalue weighted by Gasteiger charge is 2.15. The third kappa shape index (κ3) is 2.98. The molecule has 0 saturated heterocycles. The van der Waals surface area contributed by atoms with Gasteiger partial charge in [-0.05, 0) is 36.8 Å². The lowest BCUT2D eigenvalue weighted by molar-refractivity contribution is 0.620. The van der Waals surface area contributed by atoms with E-state index in [1.54, 1.807) is 24.3 Å². The van der Waals surface area contributed by atoms with Crippen molar-refractivity contribution >= 4 is 5.69 Å². The van der Waals surface area contributed by atoms with Crippen LogP contribution in [0.1, 0.15) is 29.7 Å². The van der Waals surface area contributed by atoms with Crippen molar-refractivity contribution < 1.29 is 8.78 Å². The molecule has 1 N–H and O–H groups in total. The maximum Gasteiger partial charge on any atom is 0.160 e. The van der Waals surface area contributed by atoms with Gasteiger partial charge in [-0.25, -0.2) is 8.78 Å². The van der Waals surface area contributed by atoms with Gasteiger partial charge < -0.3 is 5.32 Å². The highest BCUT2D eigenvalue weighted by Crippen LogP contribution is 2.25. The smallest absolute Gasteiger partial charge is 0.160 e. The van der Waals surface area contributed by atoms with Crippen LogP contribution in [0.4, 0.5) is 14.5 Å². The van der Waals surface area contributed by atoms with Gasteiger partial charge in [-0.2, -0.15) is 10.5 Å². The first-order chi connectivity index (χ1) is 10.1. The van der Waals surface area contributed by atoms with Crippen molar-refractivity contribution in [2.75, 3.05) is 5.32 Å². The highest BCUT2D eigenvalue weighted by molar-refractivity contribution is 5.61. The molecule has 0 aliphatic rings. The summed E-state index contributed by atoms with van der Waals surface area (Å²) in [5, 5.41) is 20.8. The Labute approximate surface area is 121 Å². The van der Waals surface area contributed by atoms with Gasteiger partial charge in [-0.15, -0.1) is 0 Å². The van der Waals surface area contributed by atoms with Crippen LogP contribution in [0.25, 0.3) is 0 Å². The average molecular weight is 283 g/mol. The zero-order valence-corrected chi connectivity index (χ0v) is 11.2. The first-order valence-corrected chi connectivity index (χ1v) is 6.21. The Morgan fingerprint density at radius 2 is 1.67 bits per heavy atom. The van der Waals surface area contributed by atoms with Crippen LogP contribution >= 0.6 is 0 Å². The van der Waals surface area contributed by atoms with Crippen molar-refractivity contribution in [2.24, 2.45) is 0 Å². The van der Waals surface area contributed by atoms with Crippen LogP contribution in [0.5, 0.6) is 0 Å². The monoisotopic (exact) mass is 283 g/mol. The molecule has 2 aromatic carbocycles. The van der Waals surface area contributed by atoms with Crippen molar-refractivity contribution in [3.63, 3.8) is 0 Å². The van der Waals surface area contributed by atoms with Crippen LogP contribution in [-0.2, 0) is 0 Å². The molecule has 0 amide bonds. The quantitative estimate of drug-likeness (QED) is 0.929. The molecule has 0 spiro atoms. The van der Waals surface area contributed by atoms with Crippen LogP contribution < -0.4 is 5.32 Å². The number of rotatable bonds is 3. The molecule has 0 aliphatic heterocycles. The Bertz CT molecular complexity index is 740. The molecule has 0 aromatic heterocycles. The standard InChI is InChI=1S/C16H11F2N3/c1-10(11-2-5-13(17)6-3-11)21-15-7-4-12(8-19)16(18)14(15)9-20/h2-7,10,21H,1H3. The summed E-state index contributed by atoms with van der Waals surface area (Å²) in [5.41, 5.74) is 0.713. The number of benzene rings is 2. The molecule has 0 radical (unpaired) electrons. The van der Waals surface area contributed by atoms with Crippen molar-refractivity contribution in [1.29, 1.82) is 10.5 Å². The Hall–Kier alpha value is -2.92. The minimum atomic E-state index is -0.837. The molecule has 1 atom stereocenters. The van der Waals surface area contributed by atoms with Gasteiger partial charge in [0, 0.05) is 6.04 Å². The third-order valence-corrected chi connectivity index (χ3v) is 3.12. The zero-order chi connectivity index (χ0) is 15.4. The van der Waals surface area contributed by atoms with Crippen molar-refractivity contribution in [1.82, 2.24) is 0 Å². The first kappa shape index (κ1) is 14.5. The fourth-order valence-electron chi connectivity index (χ4n) is 1.96. The van der Waals surface area contributed by atoms with Gasteiger partial charge in [0.15, 0.2) is 5.82 Å². The van der Waals surface area contributed by atoms with Crippen molar-refractivity contribution in [3.05, 3.63) is 64.7 Å². The van der Waals surface area contributed by atoms with Gasteiger partial charge in [0.1, 0.15) is 23.5 Å². The van der Waals surface area contributed by atoms with Gasteiger partial charge in [-0.1, -0.05) is 12.1 Å². The van der Waals surface area contributed by atoms with Gasteiger partial charge in [0.05, 0.1) is 11.3 Å². The van der Waals surface area contributed by atoms with Gasteiger partial charge in [0.25, 0.3) is 0 Å². The summed E-state index contributed by atoms with van der Waals surface area (Å²) in [5.74, 6) is -1.18. The summed E-state index contributed by atoms with van der Waals surface area (Å²) in [4.78, 5) is 0. The summed E-state index contributed by atoms with van der Waals surface area (Å²) in [6.45, 7) is 1.81. The molecule has 21 heavy (non-hydrogen) atoms. The number of hydrogen-bond acceptors (Lipinski definition) is 3. The maximum absolute atomic E-state index is 13.9. The number of anilines is 1. The van der Waals surface area contributed by atoms with Gasteiger partial charge in [0.2, 0.25) is 0 Å². The molecular weight excluding hydrogens is 272 g/mol. The van der Waals surface area contributed by atoms with E-state index in [2.05, 4.69) is 5.32 Å². The molecule has 104 valence electrons. The minimum Gasteiger partial charge on any atom is -0.377 e. The van der Waals surface area contributed by atoms with E-state index in [4.69, 9.17) is 10.5 Å². The lowest BCUT2D eigenvalue weighted by atomic mass is 10.1. The number of hydrogen-bond donors (Lipinski definition) is 1. The van der Waals surface area contributed by atoms with Crippen LogP contribution in [-0.4, -0.2) is 0 Å². The Morgan fingerprint density at radius 1 is 1.00 bits per heavy atom. The van der Waals surface area contributed by atoms with E-state index >= 15 is 0 Å². The Balaban J connectivity index is 2.32. The molecule has 0 fully saturated rings. The molecular formula is C16H11F2N3. The number of halogens is 2. The second-order valence-electron chi connectivity index (χ2n) is 4.49. The maximum atomic E-state index is 13.9. The second-order valence-corrected chi connectivity index (χ2v) is 4.49. The molecule has 5 heteroatoms. The molecule has 3 nitrogen and oxygen atoms in total. The predicted molar refractivity (Wildman–Crippen MR) is 74.3 cm³/mol. The van der Waals surface area contributed by atoms with Crippen LogP contribution in [0.3, 0.4) is 0 Å². The average Bonchev–Trinajstić information content (AvgIpc) is 2.48. The summed E-state index contributed by atoms with van der Waals surface area (Å²) in [6.07, 6.45) is 0. The topological polar surface area (TPSA) is 59.6 Å². The number of nitriles is 2. The van der Waals surface area contributed by atoms with Crippen molar-refractivity contribution in [3.8, 4) is 12.1 Å². The SMILES string of the molecule is CC(Nc1ccc(C#N)c(F)c1C#N)c1ccc(F)cc1. The lowest BCUT2D eigenvalue weighted by Gasteiger charge is -2.17. The van der Waals surface area contributed by atoms with E-state index in [0.717, 1.165) is 5.56 Å². The number of nitrogens with one attached hydrogen (secondary N) is 1. The van der Waals surface area contributed by atoms with Crippen LogP contribution in [0.15, 0.2) is 36.4 Å². The van der Waals surface area contributed by atoms with Gasteiger partial charge in [-0.3, -0.25) is 0 Å². The van der Waals surface area contributed by atoms with E-state index in [0.29, 0.717) is 5.69 Å². The molecule has 0 bridgehead atoms. The van der Waals surface area contributed by atoms with Crippen molar-refractivity contribution in [2.45, 2.75) is 13.0 Å². The largest absolute Gasteiger partial charge is 0.377 e. The van der Waals surface area contributed by atoms with Crippen LogP contribution in [0.2, 0.25) is 0 Å². The fraction of sp³-hybridized carbons (Fsp3) is 0.125. The van der Waals surface area contributed by atoms with E-state index < -0.39 is 5.82 Å². The Morgan fingerprint density at radius 3 is 2.24 bits per heavy atom. The predicted octanol–water partition coefficient (Wildman–Crippen LogP) is 3.88. The molecule has 0 heterocycles. The molecule has 0 aliphatic carbocycles. The fourth-order valence-corrected chi connectivity index (χ4v) is 1.96. The molecule has 2 rings (SSSR count). The number of nitrogens with zero attached hydrogens (tertiary/aromatic N) is 2. The van der Waals surface area contributed by atoms with E-state index in [1.165, 1.54) is 24.3 Å². The summed E-state index contributed by atoms with van der Waals surface area (Å²) in [6, 6.07) is 11.9. The summed E-state index contributed by atoms with van der Waals surface area (Å²) >= 11 is 0. The zero-order valence-electron chi connectivity index (χ0n) is 11.2. The summed E-state index contributed by atoms with van der Waals surface area (Å²) in [7, 11) is 0. The molecule has 0 saturated carbocycles. The highest BCUT2D eigenvalue weighted by atomic mass is 19.1. The van der Waals surface area contributed by atoms with Crippen LogP contribution in [0, 0.1) is 34.3 Å².